The Morgan fingerprint density at radius 3 is 2.75 bits per heavy atom. The summed E-state index contributed by atoms with van der Waals surface area (Å²) in [6.07, 6.45) is 4.39. The largest absolute Gasteiger partial charge is 0.364 e. The molecule has 4 rings (SSSR count). The molecule has 2 saturated heterocycles. The highest BCUT2D eigenvalue weighted by Gasteiger charge is 2.42. The first-order valence-corrected chi connectivity index (χ1v) is 8.03. The van der Waals surface area contributed by atoms with Gasteiger partial charge in [-0.05, 0) is 30.7 Å². The first-order valence-electron chi connectivity index (χ1n) is 8.03. The molecular weight excluding hydrogens is 300 g/mol. The molecule has 0 radical (unpaired) electrons. The maximum absolute atomic E-state index is 9.31. The van der Waals surface area contributed by atoms with Crippen LogP contribution in [-0.4, -0.2) is 35.6 Å². The minimum absolute atomic E-state index is 0.374. The lowest BCUT2D eigenvalue weighted by Gasteiger charge is -2.27. The average Bonchev–Trinajstić information content (AvgIpc) is 3.22. The Morgan fingerprint density at radius 1 is 1.08 bits per heavy atom. The predicted octanol–water partition coefficient (Wildman–Crippen LogP) is 1.94. The van der Waals surface area contributed by atoms with Crippen LogP contribution in [-0.2, 0) is 0 Å². The minimum Gasteiger partial charge on any atom is -0.364 e. The Labute approximate surface area is 140 Å². The van der Waals surface area contributed by atoms with Gasteiger partial charge < -0.3 is 9.80 Å². The summed E-state index contributed by atoms with van der Waals surface area (Å²) in [7, 11) is 0. The van der Waals surface area contributed by atoms with Gasteiger partial charge in [0.25, 0.3) is 0 Å². The van der Waals surface area contributed by atoms with Gasteiger partial charge in [-0.2, -0.15) is 10.5 Å². The van der Waals surface area contributed by atoms with Crippen LogP contribution in [0.1, 0.15) is 17.7 Å². The molecule has 2 aromatic heterocycles. The first kappa shape index (κ1) is 14.5. The highest BCUT2D eigenvalue weighted by atomic mass is 15.3. The predicted molar refractivity (Wildman–Crippen MR) is 89.4 cm³/mol. The molecule has 0 bridgehead atoms. The van der Waals surface area contributed by atoms with Crippen molar-refractivity contribution in [3.63, 3.8) is 0 Å². The zero-order chi connectivity index (χ0) is 16.5. The second-order valence-electron chi connectivity index (χ2n) is 6.21. The molecule has 0 N–H and O–H groups in total. The number of pyridine rings is 2. The zero-order valence-corrected chi connectivity index (χ0v) is 13.1. The molecule has 0 aromatic carbocycles. The fourth-order valence-corrected chi connectivity index (χ4v) is 3.80. The molecule has 4 heterocycles. The normalized spacial score (nSPS) is 22.1. The van der Waals surface area contributed by atoms with Gasteiger partial charge in [-0.15, -0.1) is 0 Å². The standard InChI is InChI=1S/C18H16N6/c19-8-13-3-4-18(22-10-13)23-11-14-5-7-24(17(14)12-23)16-2-1-6-21-15(16)9-20/h1-4,6,10,14,17H,5,7,11-12H2. The van der Waals surface area contributed by atoms with Crippen LogP contribution >= 0.6 is 0 Å². The van der Waals surface area contributed by atoms with E-state index in [-0.39, 0.29) is 0 Å². The fourth-order valence-electron chi connectivity index (χ4n) is 3.80. The van der Waals surface area contributed by atoms with Crippen LogP contribution in [0.3, 0.4) is 0 Å². The maximum atomic E-state index is 9.31. The monoisotopic (exact) mass is 316 g/mol. The molecule has 0 aliphatic carbocycles. The van der Waals surface area contributed by atoms with Gasteiger partial charge in [-0.3, -0.25) is 0 Å². The van der Waals surface area contributed by atoms with Crippen LogP contribution in [0.15, 0.2) is 36.7 Å². The summed E-state index contributed by atoms with van der Waals surface area (Å²) in [5.74, 6) is 1.48. The summed E-state index contributed by atoms with van der Waals surface area (Å²) in [6, 6.07) is 12.3. The summed E-state index contributed by atoms with van der Waals surface area (Å²) >= 11 is 0. The van der Waals surface area contributed by atoms with E-state index in [1.807, 2.05) is 24.3 Å². The zero-order valence-electron chi connectivity index (χ0n) is 13.1. The van der Waals surface area contributed by atoms with Crippen molar-refractivity contribution in [3.8, 4) is 12.1 Å². The van der Waals surface area contributed by atoms with Crippen molar-refractivity contribution in [1.82, 2.24) is 9.97 Å². The van der Waals surface area contributed by atoms with Crippen LogP contribution in [0.5, 0.6) is 0 Å². The molecule has 118 valence electrons. The van der Waals surface area contributed by atoms with Gasteiger partial charge in [0.2, 0.25) is 0 Å². The summed E-state index contributed by atoms with van der Waals surface area (Å²) in [5, 5.41) is 18.2. The molecule has 6 nitrogen and oxygen atoms in total. The van der Waals surface area contributed by atoms with E-state index in [0.29, 0.717) is 23.2 Å². The molecule has 2 fully saturated rings. The number of fused-ring (bicyclic) bond motifs is 1. The molecule has 0 spiro atoms. The van der Waals surface area contributed by atoms with E-state index in [4.69, 9.17) is 5.26 Å². The SMILES string of the molecule is N#Cc1ccc(N2CC3CCN(c4cccnc4C#N)C3C2)nc1. The Morgan fingerprint density at radius 2 is 2.00 bits per heavy atom. The van der Waals surface area contributed by atoms with Crippen molar-refractivity contribution in [3.05, 3.63) is 47.9 Å². The molecule has 2 aromatic rings. The molecule has 2 aliphatic heterocycles. The fraction of sp³-hybridized carbons (Fsp3) is 0.333. The van der Waals surface area contributed by atoms with E-state index in [1.54, 1.807) is 12.4 Å². The van der Waals surface area contributed by atoms with Gasteiger partial charge in [-0.25, -0.2) is 9.97 Å². The van der Waals surface area contributed by atoms with Crippen LogP contribution in [0, 0.1) is 28.6 Å². The summed E-state index contributed by atoms with van der Waals surface area (Å²) in [4.78, 5) is 13.2. The Hall–Kier alpha value is -3.12. The van der Waals surface area contributed by atoms with E-state index in [2.05, 4.69) is 31.9 Å². The van der Waals surface area contributed by atoms with E-state index in [9.17, 15) is 5.26 Å². The topological polar surface area (TPSA) is 79.8 Å². The lowest BCUT2D eigenvalue weighted by atomic mass is 10.0. The van der Waals surface area contributed by atoms with E-state index < -0.39 is 0 Å². The molecule has 24 heavy (non-hydrogen) atoms. The van der Waals surface area contributed by atoms with E-state index in [1.165, 1.54) is 0 Å². The van der Waals surface area contributed by atoms with Crippen LogP contribution in [0.4, 0.5) is 11.5 Å². The van der Waals surface area contributed by atoms with Gasteiger partial charge in [0.1, 0.15) is 18.0 Å². The smallest absolute Gasteiger partial charge is 0.163 e. The quantitative estimate of drug-likeness (QED) is 0.842. The molecule has 2 unspecified atom stereocenters. The highest BCUT2D eigenvalue weighted by molar-refractivity contribution is 5.58. The Kier molecular flexibility index (Phi) is 3.51. The third-order valence-corrected chi connectivity index (χ3v) is 4.95. The number of aromatic nitrogens is 2. The van der Waals surface area contributed by atoms with Crippen molar-refractivity contribution >= 4 is 11.5 Å². The molecular formula is C18H16N6. The first-order chi connectivity index (χ1) is 11.8. The second-order valence-corrected chi connectivity index (χ2v) is 6.21. The molecule has 6 heteroatoms. The van der Waals surface area contributed by atoms with Gasteiger partial charge in [0.05, 0.1) is 17.3 Å². The van der Waals surface area contributed by atoms with Crippen molar-refractivity contribution in [2.45, 2.75) is 12.5 Å². The maximum Gasteiger partial charge on any atom is 0.163 e. The van der Waals surface area contributed by atoms with Crippen molar-refractivity contribution in [2.75, 3.05) is 29.4 Å². The summed E-state index contributed by atoms with van der Waals surface area (Å²) in [6.45, 7) is 2.80. The number of anilines is 2. The van der Waals surface area contributed by atoms with Crippen LogP contribution in [0.2, 0.25) is 0 Å². The second kappa shape index (κ2) is 5.82. The molecule has 0 saturated carbocycles. The van der Waals surface area contributed by atoms with Crippen molar-refractivity contribution < 1.29 is 0 Å². The molecule has 0 amide bonds. The van der Waals surface area contributed by atoms with E-state index >= 15 is 0 Å². The summed E-state index contributed by atoms with van der Waals surface area (Å²) in [5.41, 5.74) is 2.00. The van der Waals surface area contributed by atoms with Crippen molar-refractivity contribution in [1.29, 1.82) is 10.5 Å². The number of nitrogens with zero attached hydrogens (tertiary/aromatic N) is 6. The number of hydrogen-bond donors (Lipinski definition) is 0. The minimum atomic E-state index is 0.374. The average molecular weight is 316 g/mol. The van der Waals surface area contributed by atoms with Crippen molar-refractivity contribution in [2.24, 2.45) is 5.92 Å². The van der Waals surface area contributed by atoms with Gasteiger partial charge in [0, 0.05) is 37.9 Å². The number of rotatable bonds is 2. The van der Waals surface area contributed by atoms with Crippen LogP contribution in [0.25, 0.3) is 0 Å². The number of hydrogen-bond acceptors (Lipinski definition) is 6. The van der Waals surface area contributed by atoms with E-state index in [0.717, 1.165) is 37.6 Å². The lowest BCUT2D eigenvalue weighted by molar-refractivity contribution is 0.581. The highest BCUT2D eigenvalue weighted by Crippen LogP contribution is 2.37. The lowest BCUT2D eigenvalue weighted by Crippen LogP contribution is -2.36. The number of nitriles is 2. The third kappa shape index (κ3) is 2.33. The van der Waals surface area contributed by atoms with Gasteiger partial charge in [-0.1, -0.05) is 0 Å². The Balaban J connectivity index is 1.57. The van der Waals surface area contributed by atoms with Crippen LogP contribution < -0.4 is 9.80 Å². The molecule has 2 aliphatic rings. The summed E-state index contributed by atoms with van der Waals surface area (Å²) < 4.78 is 0. The third-order valence-electron chi connectivity index (χ3n) is 4.95. The van der Waals surface area contributed by atoms with Gasteiger partial charge >= 0.3 is 0 Å². The Bertz CT molecular complexity index is 832. The molecule has 2 atom stereocenters. The van der Waals surface area contributed by atoms with Gasteiger partial charge in [0.15, 0.2) is 5.69 Å².